The first-order valence-electron chi connectivity index (χ1n) is 7.89. The molecular weight excluding hydrogens is 300 g/mol. The van der Waals surface area contributed by atoms with Crippen molar-refractivity contribution < 1.29 is 14.3 Å². The smallest absolute Gasteiger partial charge is 0.222 e. The number of amides is 1. The van der Waals surface area contributed by atoms with Crippen molar-refractivity contribution in [2.75, 3.05) is 33.4 Å². The molecule has 0 bridgehead atoms. The van der Waals surface area contributed by atoms with Crippen LogP contribution in [0.25, 0.3) is 0 Å². The van der Waals surface area contributed by atoms with E-state index in [-0.39, 0.29) is 12.0 Å². The molecule has 2 aliphatic heterocycles. The molecule has 122 valence electrons. The topological polar surface area (TPSA) is 50.8 Å². The summed E-state index contributed by atoms with van der Waals surface area (Å²) in [6, 6.07) is 2.19. The second-order valence-corrected chi connectivity index (χ2v) is 6.94. The molecule has 0 unspecified atom stereocenters. The third kappa shape index (κ3) is 4.07. The molecule has 0 saturated carbocycles. The Labute approximate surface area is 135 Å². The second-order valence-electron chi connectivity index (χ2n) is 6.16. The standard InChI is InChI=1S/C16H24N2O3S/c1-20-4-3-17-16(19)7-14-6-13-9-18(10-15(13)21-14)8-12-2-5-22-11-12/h2,5,11,13-15H,3-4,6-10H2,1H3,(H,17,19)/t13-,14+,15+/m0/s1. The van der Waals surface area contributed by atoms with E-state index in [0.717, 1.165) is 26.1 Å². The molecular formula is C16H24N2O3S. The van der Waals surface area contributed by atoms with E-state index >= 15 is 0 Å². The summed E-state index contributed by atoms with van der Waals surface area (Å²) in [5.41, 5.74) is 1.39. The van der Waals surface area contributed by atoms with E-state index in [0.29, 0.717) is 31.6 Å². The summed E-state index contributed by atoms with van der Waals surface area (Å²) >= 11 is 1.75. The molecule has 6 heteroatoms. The van der Waals surface area contributed by atoms with Gasteiger partial charge in [0.05, 0.1) is 25.2 Å². The summed E-state index contributed by atoms with van der Waals surface area (Å²) in [6.07, 6.45) is 1.86. The number of hydrogen-bond donors (Lipinski definition) is 1. The first-order chi connectivity index (χ1) is 10.7. The Morgan fingerprint density at radius 2 is 2.45 bits per heavy atom. The Morgan fingerprint density at radius 1 is 1.55 bits per heavy atom. The predicted molar refractivity (Wildman–Crippen MR) is 85.9 cm³/mol. The molecule has 3 rings (SSSR count). The van der Waals surface area contributed by atoms with Gasteiger partial charge in [0.2, 0.25) is 5.91 Å². The zero-order chi connectivity index (χ0) is 15.4. The minimum Gasteiger partial charge on any atom is -0.383 e. The van der Waals surface area contributed by atoms with E-state index in [1.54, 1.807) is 18.4 Å². The third-order valence-electron chi connectivity index (χ3n) is 4.42. The fourth-order valence-electron chi connectivity index (χ4n) is 3.42. The van der Waals surface area contributed by atoms with Crippen molar-refractivity contribution in [3.63, 3.8) is 0 Å². The summed E-state index contributed by atoms with van der Waals surface area (Å²) in [5, 5.41) is 7.20. The van der Waals surface area contributed by atoms with Crippen LogP contribution in [0, 0.1) is 5.92 Å². The zero-order valence-corrected chi connectivity index (χ0v) is 13.8. The molecule has 0 aliphatic carbocycles. The van der Waals surface area contributed by atoms with E-state index in [1.165, 1.54) is 5.56 Å². The minimum atomic E-state index is 0.0668. The quantitative estimate of drug-likeness (QED) is 0.772. The van der Waals surface area contributed by atoms with Gasteiger partial charge in [0, 0.05) is 39.2 Å². The van der Waals surface area contributed by atoms with E-state index in [2.05, 4.69) is 27.0 Å². The van der Waals surface area contributed by atoms with Gasteiger partial charge in [0.25, 0.3) is 0 Å². The molecule has 0 radical (unpaired) electrons. The molecule has 1 aromatic heterocycles. The molecule has 1 amide bonds. The number of carbonyl (C=O) groups excluding carboxylic acids is 1. The van der Waals surface area contributed by atoms with Crippen LogP contribution in [0.5, 0.6) is 0 Å². The van der Waals surface area contributed by atoms with Crippen molar-refractivity contribution in [1.29, 1.82) is 0 Å². The lowest BCUT2D eigenvalue weighted by atomic mass is 10.0. The molecule has 22 heavy (non-hydrogen) atoms. The highest BCUT2D eigenvalue weighted by Crippen LogP contribution is 2.34. The van der Waals surface area contributed by atoms with Gasteiger partial charge < -0.3 is 14.8 Å². The van der Waals surface area contributed by atoms with Crippen LogP contribution < -0.4 is 5.32 Å². The first-order valence-corrected chi connectivity index (χ1v) is 8.83. The monoisotopic (exact) mass is 324 g/mol. The number of rotatable bonds is 7. The summed E-state index contributed by atoms with van der Waals surface area (Å²) in [5.74, 6) is 0.646. The molecule has 3 atom stereocenters. The third-order valence-corrected chi connectivity index (χ3v) is 5.15. The Bertz CT molecular complexity index is 466. The Balaban J connectivity index is 1.39. The van der Waals surface area contributed by atoms with Crippen LogP contribution in [-0.2, 0) is 20.8 Å². The molecule has 0 aromatic carbocycles. The van der Waals surface area contributed by atoms with Gasteiger partial charge in [-0.25, -0.2) is 0 Å². The number of nitrogens with zero attached hydrogens (tertiary/aromatic N) is 1. The fraction of sp³-hybridized carbons (Fsp3) is 0.688. The summed E-state index contributed by atoms with van der Waals surface area (Å²) in [4.78, 5) is 14.3. The highest BCUT2D eigenvalue weighted by atomic mass is 32.1. The molecule has 3 heterocycles. The number of carbonyl (C=O) groups is 1. The number of methoxy groups -OCH3 is 1. The van der Waals surface area contributed by atoms with Crippen molar-refractivity contribution >= 4 is 17.2 Å². The van der Waals surface area contributed by atoms with Gasteiger partial charge in [0.15, 0.2) is 0 Å². The van der Waals surface area contributed by atoms with Crippen molar-refractivity contribution in [1.82, 2.24) is 10.2 Å². The van der Waals surface area contributed by atoms with E-state index in [4.69, 9.17) is 9.47 Å². The van der Waals surface area contributed by atoms with Crippen LogP contribution in [0.1, 0.15) is 18.4 Å². The van der Waals surface area contributed by atoms with Crippen molar-refractivity contribution in [2.45, 2.75) is 31.6 Å². The van der Waals surface area contributed by atoms with Crippen molar-refractivity contribution in [3.8, 4) is 0 Å². The molecule has 1 aromatic rings. The maximum absolute atomic E-state index is 11.8. The Kier molecular flexibility index (Phi) is 5.46. The largest absolute Gasteiger partial charge is 0.383 e. The zero-order valence-electron chi connectivity index (χ0n) is 13.0. The van der Waals surface area contributed by atoms with E-state index in [1.807, 2.05) is 0 Å². The molecule has 0 spiro atoms. The molecule has 1 N–H and O–H groups in total. The van der Waals surface area contributed by atoms with Gasteiger partial charge >= 0.3 is 0 Å². The van der Waals surface area contributed by atoms with Crippen LogP contribution in [-0.4, -0.2) is 56.4 Å². The number of fused-ring (bicyclic) bond motifs is 1. The molecule has 2 saturated heterocycles. The molecule has 5 nitrogen and oxygen atoms in total. The number of likely N-dealkylation sites (tertiary alicyclic amines) is 1. The predicted octanol–water partition coefficient (Wildman–Crippen LogP) is 1.49. The normalized spacial score (nSPS) is 28.0. The van der Waals surface area contributed by atoms with Crippen LogP contribution in [0.4, 0.5) is 0 Å². The van der Waals surface area contributed by atoms with Gasteiger partial charge in [-0.2, -0.15) is 11.3 Å². The Morgan fingerprint density at radius 3 is 3.18 bits per heavy atom. The van der Waals surface area contributed by atoms with Crippen molar-refractivity contribution in [2.24, 2.45) is 5.92 Å². The average Bonchev–Trinajstić information content (AvgIpc) is 3.16. The lowest BCUT2D eigenvalue weighted by molar-refractivity contribution is -0.124. The van der Waals surface area contributed by atoms with Crippen LogP contribution in [0.3, 0.4) is 0 Å². The van der Waals surface area contributed by atoms with E-state index < -0.39 is 0 Å². The lowest BCUT2D eigenvalue weighted by Crippen LogP contribution is -2.31. The van der Waals surface area contributed by atoms with Gasteiger partial charge in [-0.15, -0.1) is 0 Å². The Hall–Kier alpha value is -0.950. The fourth-order valence-corrected chi connectivity index (χ4v) is 4.08. The van der Waals surface area contributed by atoms with E-state index in [9.17, 15) is 4.79 Å². The SMILES string of the molecule is COCCNC(=O)C[C@H]1C[C@H]2CN(Cc3ccsc3)C[C@H]2O1. The van der Waals surface area contributed by atoms with Gasteiger partial charge in [-0.1, -0.05) is 0 Å². The van der Waals surface area contributed by atoms with Crippen molar-refractivity contribution in [3.05, 3.63) is 22.4 Å². The molecule has 2 fully saturated rings. The average molecular weight is 324 g/mol. The van der Waals surface area contributed by atoms with Crippen LogP contribution in [0.15, 0.2) is 16.8 Å². The highest BCUT2D eigenvalue weighted by Gasteiger charge is 2.42. The minimum absolute atomic E-state index is 0.0668. The lowest BCUT2D eigenvalue weighted by Gasteiger charge is -2.18. The maximum Gasteiger partial charge on any atom is 0.222 e. The highest BCUT2D eigenvalue weighted by molar-refractivity contribution is 7.07. The van der Waals surface area contributed by atoms with Gasteiger partial charge in [0.1, 0.15) is 0 Å². The summed E-state index contributed by atoms with van der Waals surface area (Å²) in [6.45, 7) is 4.22. The number of nitrogens with one attached hydrogen (secondary N) is 1. The maximum atomic E-state index is 11.8. The summed E-state index contributed by atoms with van der Waals surface area (Å²) in [7, 11) is 1.63. The second kappa shape index (κ2) is 7.55. The van der Waals surface area contributed by atoms with Gasteiger partial charge in [-0.05, 0) is 28.8 Å². The molecule has 2 aliphatic rings. The summed E-state index contributed by atoms with van der Waals surface area (Å²) < 4.78 is 11.0. The van der Waals surface area contributed by atoms with Crippen LogP contribution in [0.2, 0.25) is 0 Å². The number of ether oxygens (including phenoxy) is 2. The van der Waals surface area contributed by atoms with Gasteiger partial charge in [-0.3, -0.25) is 9.69 Å². The number of hydrogen-bond acceptors (Lipinski definition) is 5. The van der Waals surface area contributed by atoms with Crippen LogP contribution >= 0.6 is 11.3 Å². The first kappa shape index (κ1) is 15.9. The number of thiophene rings is 1.